The van der Waals surface area contributed by atoms with Gasteiger partial charge in [-0.2, -0.15) is 0 Å². The fourth-order valence-electron chi connectivity index (χ4n) is 1.55. The monoisotopic (exact) mass is 311 g/mol. The second-order valence-electron chi connectivity index (χ2n) is 4.55. The van der Waals surface area contributed by atoms with E-state index in [0.717, 1.165) is 4.85 Å². The molecule has 0 radical (unpaired) electrons. The minimum atomic E-state index is -0.598. The van der Waals surface area contributed by atoms with Crippen LogP contribution >= 0.6 is 11.6 Å². The van der Waals surface area contributed by atoms with Crippen LogP contribution in [0.15, 0.2) is 18.2 Å². The molecule has 1 heterocycles. The zero-order valence-corrected chi connectivity index (χ0v) is 12.2. The summed E-state index contributed by atoms with van der Waals surface area (Å²) in [5.74, 6) is -0.598. The predicted octanol–water partition coefficient (Wildman–Crippen LogP) is 0.748. The van der Waals surface area contributed by atoms with Crippen LogP contribution in [0.2, 0.25) is 5.02 Å². The Kier molecular flexibility index (Phi) is 4.59. The number of hydrogen-bond donors (Lipinski definition) is 2. The summed E-state index contributed by atoms with van der Waals surface area (Å²) in [6, 6.07) is 4.32. The van der Waals surface area contributed by atoms with Gasteiger partial charge in [0.05, 0.1) is 0 Å². The van der Waals surface area contributed by atoms with Gasteiger partial charge in [0.25, 0.3) is 5.91 Å². The van der Waals surface area contributed by atoms with Gasteiger partial charge in [0.1, 0.15) is 11.0 Å². The average Bonchev–Trinajstić information content (AvgIpc) is 2.77. The number of nitrogens with zero attached hydrogens (tertiary/aromatic N) is 3. The minimum absolute atomic E-state index is 0.0693. The van der Waals surface area contributed by atoms with Crippen LogP contribution in [0.5, 0.6) is 0 Å². The van der Waals surface area contributed by atoms with Crippen molar-refractivity contribution in [2.45, 2.75) is 19.9 Å². The Morgan fingerprint density at radius 2 is 2.19 bits per heavy atom. The third kappa shape index (κ3) is 4.06. The molecule has 0 spiro atoms. The van der Waals surface area contributed by atoms with Crippen molar-refractivity contribution < 1.29 is 14.4 Å². The van der Waals surface area contributed by atoms with Gasteiger partial charge in [-0.05, 0) is 37.3 Å². The van der Waals surface area contributed by atoms with E-state index in [-0.39, 0.29) is 12.6 Å². The lowest BCUT2D eigenvalue weighted by atomic mass is 10.3. The van der Waals surface area contributed by atoms with E-state index in [9.17, 15) is 9.59 Å². The van der Waals surface area contributed by atoms with Gasteiger partial charge < -0.3 is 10.2 Å². The SMILES string of the molecule is CC(C)NC(=O)NC(=O)COn1nnc2ccc(Cl)cc21. The van der Waals surface area contributed by atoms with E-state index in [1.807, 2.05) is 0 Å². The summed E-state index contributed by atoms with van der Waals surface area (Å²) >= 11 is 5.87. The van der Waals surface area contributed by atoms with Crippen molar-refractivity contribution in [2.24, 2.45) is 0 Å². The Labute approximate surface area is 125 Å². The normalized spacial score (nSPS) is 10.7. The standard InChI is InChI=1S/C12H14ClN5O3/c1-7(2)14-12(20)15-11(19)6-21-18-10-5-8(13)3-4-9(10)16-17-18/h3-5,7H,6H2,1-2H3,(H2,14,15,19,20). The summed E-state index contributed by atoms with van der Waals surface area (Å²) in [4.78, 5) is 29.1. The lowest BCUT2D eigenvalue weighted by Gasteiger charge is -2.09. The summed E-state index contributed by atoms with van der Waals surface area (Å²) < 4.78 is 0. The first-order valence-corrected chi connectivity index (χ1v) is 6.58. The molecule has 112 valence electrons. The minimum Gasteiger partial charge on any atom is -0.385 e. The number of aromatic nitrogens is 3. The van der Waals surface area contributed by atoms with Crippen molar-refractivity contribution in [3.8, 4) is 0 Å². The smallest absolute Gasteiger partial charge is 0.321 e. The fraction of sp³-hybridized carbons (Fsp3) is 0.333. The van der Waals surface area contributed by atoms with Gasteiger partial charge in [0.15, 0.2) is 6.61 Å². The highest BCUT2D eigenvalue weighted by atomic mass is 35.5. The van der Waals surface area contributed by atoms with Gasteiger partial charge in [-0.1, -0.05) is 16.4 Å². The molecular formula is C12H14ClN5O3. The van der Waals surface area contributed by atoms with Gasteiger partial charge in [0.2, 0.25) is 0 Å². The Bertz CT molecular complexity index is 670. The van der Waals surface area contributed by atoms with Crippen LogP contribution in [0, 0.1) is 0 Å². The quantitative estimate of drug-likeness (QED) is 0.868. The molecule has 2 aromatic rings. The number of nitrogens with one attached hydrogen (secondary N) is 2. The number of hydrogen-bond acceptors (Lipinski definition) is 5. The van der Waals surface area contributed by atoms with Crippen LogP contribution in [-0.4, -0.2) is 39.7 Å². The molecule has 0 unspecified atom stereocenters. The average molecular weight is 312 g/mol. The van der Waals surface area contributed by atoms with Gasteiger partial charge in [-0.3, -0.25) is 10.1 Å². The lowest BCUT2D eigenvalue weighted by molar-refractivity contribution is -0.125. The highest BCUT2D eigenvalue weighted by Crippen LogP contribution is 2.16. The van der Waals surface area contributed by atoms with Crippen LogP contribution in [0.3, 0.4) is 0 Å². The Morgan fingerprint density at radius 1 is 1.43 bits per heavy atom. The van der Waals surface area contributed by atoms with E-state index >= 15 is 0 Å². The van der Waals surface area contributed by atoms with E-state index in [4.69, 9.17) is 16.4 Å². The molecule has 21 heavy (non-hydrogen) atoms. The third-order valence-corrected chi connectivity index (χ3v) is 2.60. The largest absolute Gasteiger partial charge is 0.385 e. The van der Waals surface area contributed by atoms with Crippen molar-refractivity contribution in [2.75, 3.05) is 6.61 Å². The van der Waals surface area contributed by atoms with E-state index in [0.29, 0.717) is 16.1 Å². The first-order valence-electron chi connectivity index (χ1n) is 6.20. The molecule has 8 nitrogen and oxygen atoms in total. The molecule has 0 atom stereocenters. The van der Waals surface area contributed by atoms with Crippen molar-refractivity contribution in [1.82, 2.24) is 25.8 Å². The second kappa shape index (κ2) is 6.40. The lowest BCUT2D eigenvalue weighted by Crippen LogP contribution is -2.44. The van der Waals surface area contributed by atoms with Gasteiger partial charge in [-0.15, -0.1) is 5.10 Å². The van der Waals surface area contributed by atoms with Crippen LogP contribution < -0.4 is 15.5 Å². The molecule has 0 aliphatic rings. The van der Waals surface area contributed by atoms with Gasteiger partial charge in [-0.25, -0.2) is 4.79 Å². The van der Waals surface area contributed by atoms with E-state index in [2.05, 4.69) is 20.9 Å². The zero-order chi connectivity index (χ0) is 15.4. The van der Waals surface area contributed by atoms with Gasteiger partial charge >= 0.3 is 6.03 Å². The van der Waals surface area contributed by atoms with Crippen LogP contribution in [0.25, 0.3) is 11.0 Å². The topological polar surface area (TPSA) is 98.1 Å². The number of imide groups is 1. The molecule has 0 bridgehead atoms. The predicted molar refractivity (Wildman–Crippen MR) is 75.8 cm³/mol. The third-order valence-electron chi connectivity index (χ3n) is 2.37. The first-order chi connectivity index (χ1) is 9.95. The molecule has 0 fully saturated rings. The van der Waals surface area contributed by atoms with E-state index < -0.39 is 11.9 Å². The molecule has 0 saturated carbocycles. The summed E-state index contributed by atoms with van der Waals surface area (Å²) in [5, 5.41) is 12.8. The first kappa shape index (κ1) is 15.0. The number of carbonyl (C=O) groups is 2. The molecule has 2 rings (SSSR count). The maximum Gasteiger partial charge on any atom is 0.321 e. The molecule has 0 saturated heterocycles. The number of halogens is 1. The highest BCUT2D eigenvalue weighted by Gasteiger charge is 2.11. The fourth-order valence-corrected chi connectivity index (χ4v) is 1.71. The number of urea groups is 1. The maximum atomic E-state index is 11.5. The maximum absolute atomic E-state index is 11.5. The highest BCUT2D eigenvalue weighted by molar-refractivity contribution is 6.31. The summed E-state index contributed by atoms with van der Waals surface area (Å²) in [6.45, 7) is 3.19. The summed E-state index contributed by atoms with van der Waals surface area (Å²) in [6.07, 6.45) is 0. The molecule has 0 aliphatic carbocycles. The number of carbonyl (C=O) groups excluding carboxylic acids is 2. The van der Waals surface area contributed by atoms with Crippen LogP contribution in [-0.2, 0) is 4.79 Å². The van der Waals surface area contributed by atoms with Crippen molar-refractivity contribution in [3.63, 3.8) is 0 Å². The van der Waals surface area contributed by atoms with Crippen molar-refractivity contribution in [1.29, 1.82) is 0 Å². The molecule has 0 aliphatic heterocycles. The van der Waals surface area contributed by atoms with Crippen molar-refractivity contribution in [3.05, 3.63) is 23.2 Å². The van der Waals surface area contributed by atoms with E-state index in [1.165, 1.54) is 0 Å². The molecule has 3 amide bonds. The second-order valence-corrected chi connectivity index (χ2v) is 4.98. The number of fused-ring (bicyclic) bond motifs is 1. The Hall–Kier alpha value is -2.35. The zero-order valence-electron chi connectivity index (χ0n) is 11.5. The molecule has 1 aromatic heterocycles. The van der Waals surface area contributed by atoms with Crippen molar-refractivity contribution >= 4 is 34.6 Å². The Morgan fingerprint density at radius 3 is 2.90 bits per heavy atom. The van der Waals surface area contributed by atoms with Crippen LogP contribution in [0.4, 0.5) is 4.79 Å². The number of rotatable bonds is 4. The molecule has 1 aromatic carbocycles. The molecule has 9 heteroatoms. The Balaban J connectivity index is 1.94. The summed E-state index contributed by atoms with van der Waals surface area (Å²) in [5.41, 5.74) is 1.11. The number of amides is 3. The van der Waals surface area contributed by atoms with Gasteiger partial charge in [0, 0.05) is 11.1 Å². The molecule has 2 N–H and O–H groups in total. The molecular weight excluding hydrogens is 298 g/mol. The van der Waals surface area contributed by atoms with Crippen LogP contribution in [0.1, 0.15) is 13.8 Å². The van der Waals surface area contributed by atoms with E-state index in [1.54, 1.807) is 32.0 Å². The number of benzene rings is 1. The summed E-state index contributed by atoms with van der Waals surface area (Å²) in [7, 11) is 0.